The summed E-state index contributed by atoms with van der Waals surface area (Å²) in [5, 5.41) is 12.9. The molecule has 3 aromatic rings. The number of aromatic nitrogens is 4. The Bertz CT molecular complexity index is 916. The van der Waals surface area contributed by atoms with Crippen LogP contribution >= 0.6 is 11.8 Å². The molecule has 3 rings (SSSR count). The number of hydrogen-bond acceptors (Lipinski definition) is 7. The third-order valence-electron chi connectivity index (χ3n) is 2.75. The van der Waals surface area contributed by atoms with Crippen molar-refractivity contribution in [3.05, 3.63) is 64.7 Å². The summed E-state index contributed by atoms with van der Waals surface area (Å²) < 4.78 is 0. The van der Waals surface area contributed by atoms with Crippen molar-refractivity contribution < 1.29 is 0 Å². The maximum absolute atomic E-state index is 11.3. The molecule has 0 aliphatic rings. The van der Waals surface area contributed by atoms with Gasteiger partial charge in [0.15, 0.2) is 5.16 Å². The highest BCUT2D eigenvalue weighted by Crippen LogP contribution is 2.22. The summed E-state index contributed by atoms with van der Waals surface area (Å²) >= 11 is 1.23. The molecule has 2 heterocycles. The molecule has 0 saturated heterocycles. The van der Waals surface area contributed by atoms with E-state index in [1.807, 2.05) is 0 Å². The zero-order chi connectivity index (χ0) is 16.1. The van der Waals surface area contributed by atoms with Crippen LogP contribution in [0, 0.1) is 11.3 Å². The molecule has 0 atom stereocenters. The standard InChI is InChI=1S/C15H10N6OS/c16-9-10-1-3-11(4-2-10)19-14-17-8-6-13(21-14)23-15-18-7-5-12(22)20-15/h1-8H,(H,17,19,21)(H,18,20,22). The lowest BCUT2D eigenvalue weighted by Crippen LogP contribution is -2.05. The Labute approximate surface area is 135 Å². The molecule has 0 aliphatic heterocycles. The van der Waals surface area contributed by atoms with Gasteiger partial charge in [-0.25, -0.2) is 15.0 Å². The van der Waals surface area contributed by atoms with Crippen LogP contribution in [0.3, 0.4) is 0 Å². The van der Waals surface area contributed by atoms with E-state index in [0.717, 1.165) is 5.69 Å². The highest BCUT2D eigenvalue weighted by Gasteiger charge is 2.04. The summed E-state index contributed by atoms with van der Waals surface area (Å²) in [7, 11) is 0. The van der Waals surface area contributed by atoms with Crippen LogP contribution in [0.4, 0.5) is 11.6 Å². The van der Waals surface area contributed by atoms with Gasteiger partial charge in [-0.15, -0.1) is 0 Å². The van der Waals surface area contributed by atoms with Crippen molar-refractivity contribution in [2.45, 2.75) is 10.2 Å². The van der Waals surface area contributed by atoms with Crippen LogP contribution in [0.2, 0.25) is 0 Å². The topological polar surface area (TPSA) is 107 Å². The second-order valence-electron chi connectivity index (χ2n) is 4.37. The molecule has 2 aromatic heterocycles. The van der Waals surface area contributed by atoms with Crippen molar-refractivity contribution in [3.8, 4) is 6.07 Å². The van der Waals surface area contributed by atoms with Gasteiger partial charge in [-0.3, -0.25) is 4.79 Å². The number of nitrogens with one attached hydrogen (secondary N) is 2. The lowest BCUT2D eigenvalue weighted by Gasteiger charge is -2.06. The third-order valence-corrected chi connectivity index (χ3v) is 3.59. The molecule has 1 aromatic carbocycles. The van der Waals surface area contributed by atoms with Gasteiger partial charge in [0, 0.05) is 24.1 Å². The van der Waals surface area contributed by atoms with Crippen molar-refractivity contribution in [1.82, 2.24) is 19.9 Å². The van der Waals surface area contributed by atoms with Crippen LogP contribution in [0.15, 0.2) is 63.8 Å². The summed E-state index contributed by atoms with van der Waals surface area (Å²) in [6.07, 6.45) is 3.06. The Morgan fingerprint density at radius 1 is 1.09 bits per heavy atom. The van der Waals surface area contributed by atoms with Gasteiger partial charge in [0.1, 0.15) is 5.03 Å². The first-order valence-electron chi connectivity index (χ1n) is 6.56. The van der Waals surface area contributed by atoms with Gasteiger partial charge in [0.2, 0.25) is 5.95 Å². The van der Waals surface area contributed by atoms with E-state index in [4.69, 9.17) is 5.26 Å². The van der Waals surface area contributed by atoms with E-state index >= 15 is 0 Å². The van der Waals surface area contributed by atoms with E-state index < -0.39 is 0 Å². The molecule has 0 unspecified atom stereocenters. The molecular weight excluding hydrogens is 312 g/mol. The van der Waals surface area contributed by atoms with Crippen molar-refractivity contribution in [2.75, 3.05) is 5.32 Å². The number of aromatic amines is 1. The maximum atomic E-state index is 11.3. The van der Waals surface area contributed by atoms with Gasteiger partial charge >= 0.3 is 0 Å². The molecule has 8 heteroatoms. The molecule has 0 saturated carbocycles. The maximum Gasteiger partial charge on any atom is 0.251 e. The predicted octanol–water partition coefficient (Wildman–Crippen LogP) is 2.33. The average Bonchev–Trinajstić information content (AvgIpc) is 2.56. The molecule has 0 radical (unpaired) electrons. The molecule has 112 valence electrons. The number of benzene rings is 1. The smallest absolute Gasteiger partial charge is 0.251 e. The molecular formula is C15H10N6OS. The number of nitrogens with zero attached hydrogens (tertiary/aromatic N) is 4. The van der Waals surface area contributed by atoms with Gasteiger partial charge in [0.05, 0.1) is 11.6 Å². The Morgan fingerprint density at radius 2 is 1.87 bits per heavy atom. The van der Waals surface area contributed by atoms with Gasteiger partial charge in [-0.2, -0.15) is 5.26 Å². The Balaban J connectivity index is 1.76. The first-order valence-corrected chi connectivity index (χ1v) is 7.38. The van der Waals surface area contributed by atoms with Gasteiger partial charge < -0.3 is 10.3 Å². The Hall–Kier alpha value is -3.18. The van der Waals surface area contributed by atoms with E-state index in [9.17, 15) is 4.79 Å². The minimum Gasteiger partial charge on any atom is -0.324 e. The normalized spacial score (nSPS) is 10.0. The molecule has 0 aliphatic carbocycles. The van der Waals surface area contributed by atoms with Crippen LogP contribution in [-0.2, 0) is 0 Å². The predicted molar refractivity (Wildman–Crippen MR) is 85.5 cm³/mol. The van der Waals surface area contributed by atoms with Gasteiger partial charge in [-0.1, -0.05) is 0 Å². The number of H-pyrrole nitrogens is 1. The van der Waals surface area contributed by atoms with E-state index in [1.54, 1.807) is 36.5 Å². The van der Waals surface area contributed by atoms with Gasteiger partial charge in [-0.05, 0) is 42.1 Å². The molecule has 23 heavy (non-hydrogen) atoms. The highest BCUT2D eigenvalue weighted by molar-refractivity contribution is 7.99. The quantitative estimate of drug-likeness (QED) is 0.560. The largest absolute Gasteiger partial charge is 0.324 e. The Kier molecular flexibility index (Phi) is 4.31. The SMILES string of the molecule is N#Cc1ccc(Nc2nccc(Sc3nccc(=O)[nH]3)n2)cc1. The van der Waals surface area contributed by atoms with E-state index in [1.165, 1.54) is 24.0 Å². The summed E-state index contributed by atoms with van der Waals surface area (Å²) in [5.74, 6) is 0.415. The lowest BCUT2D eigenvalue weighted by atomic mass is 10.2. The minimum absolute atomic E-state index is 0.215. The van der Waals surface area contributed by atoms with Crippen LogP contribution in [0.25, 0.3) is 0 Å². The Morgan fingerprint density at radius 3 is 2.61 bits per heavy atom. The minimum atomic E-state index is -0.215. The number of nitriles is 1. The summed E-state index contributed by atoms with van der Waals surface area (Å²) in [5.41, 5.74) is 1.14. The number of anilines is 2. The summed E-state index contributed by atoms with van der Waals surface area (Å²) in [6.45, 7) is 0. The zero-order valence-electron chi connectivity index (χ0n) is 11.7. The molecule has 0 bridgehead atoms. The molecule has 2 N–H and O–H groups in total. The number of rotatable bonds is 4. The monoisotopic (exact) mass is 322 g/mol. The lowest BCUT2D eigenvalue weighted by molar-refractivity contribution is 0.930. The van der Waals surface area contributed by atoms with Crippen LogP contribution in [0.1, 0.15) is 5.56 Å². The second-order valence-corrected chi connectivity index (χ2v) is 5.38. The zero-order valence-corrected chi connectivity index (χ0v) is 12.5. The van der Waals surface area contributed by atoms with Crippen LogP contribution in [0.5, 0.6) is 0 Å². The summed E-state index contributed by atoms with van der Waals surface area (Å²) in [6, 6.07) is 12.1. The van der Waals surface area contributed by atoms with Crippen molar-refractivity contribution in [2.24, 2.45) is 0 Å². The van der Waals surface area contributed by atoms with E-state index in [2.05, 4.69) is 31.3 Å². The van der Waals surface area contributed by atoms with Crippen molar-refractivity contribution in [1.29, 1.82) is 5.26 Å². The van der Waals surface area contributed by atoms with Gasteiger partial charge in [0.25, 0.3) is 5.56 Å². The fourth-order valence-electron chi connectivity index (χ4n) is 1.72. The van der Waals surface area contributed by atoms with Crippen molar-refractivity contribution >= 4 is 23.4 Å². The molecule has 0 amide bonds. The first-order chi connectivity index (χ1) is 11.2. The number of hydrogen-bond donors (Lipinski definition) is 2. The van der Waals surface area contributed by atoms with E-state index in [-0.39, 0.29) is 5.56 Å². The molecule has 0 spiro atoms. The van der Waals surface area contributed by atoms with Crippen LogP contribution in [-0.4, -0.2) is 19.9 Å². The van der Waals surface area contributed by atoms with Crippen LogP contribution < -0.4 is 10.9 Å². The molecule has 7 nitrogen and oxygen atoms in total. The second kappa shape index (κ2) is 6.72. The third kappa shape index (κ3) is 3.93. The summed E-state index contributed by atoms with van der Waals surface area (Å²) in [4.78, 5) is 26.4. The fraction of sp³-hybridized carbons (Fsp3) is 0. The highest BCUT2D eigenvalue weighted by atomic mass is 32.2. The fourth-order valence-corrected chi connectivity index (χ4v) is 2.44. The molecule has 0 fully saturated rings. The average molecular weight is 322 g/mol. The first kappa shape index (κ1) is 14.7. The van der Waals surface area contributed by atoms with Crippen molar-refractivity contribution in [3.63, 3.8) is 0 Å². The van der Waals surface area contributed by atoms with E-state index in [0.29, 0.717) is 21.7 Å².